The van der Waals surface area contributed by atoms with Crippen LogP contribution in [0.4, 0.5) is 0 Å². The van der Waals surface area contributed by atoms with Gasteiger partial charge in [-0.05, 0) is 50.5 Å². The standard InChI is InChI=1S/C13H19N3O/c1-9-7-11(8-10(2)15-9)13(16-14)12-5-3-4-6-17-12/h5,7-8,13,16H,3-4,6,14H2,1-2H3. The third-order valence-electron chi connectivity index (χ3n) is 2.85. The Morgan fingerprint density at radius 3 is 2.59 bits per heavy atom. The maximum absolute atomic E-state index is 5.66. The molecule has 1 aliphatic rings. The molecule has 0 bridgehead atoms. The zero-order chi connectivity index (χ0) is 12.3. The Kier molecular flexibility index (Phi) is 3.76. The van der Waals surface area contributed by atoms with Gasteiger partial charge in [0.05, 0.1) is 6.61 Å². The highest BCUT2D eigenvalue weighted by atomic mass is 16.5. The topological polar surface area (TPSA) is 60.2 Å². The molecule has 17 heavy (non-hydrogen) atoms. The minimum Gasteiger partial charge on any atom is -0.496 e. The number of allylic oxidation sites excluding steroid dienone is 1. The lowest BCUT2D eigenvalue weighted by Crippen LogP contribution is -2.31. The first-order valence-electron chi connectivity index (χ1n) is 5.95. The first-order chi connectivity index (χ1) is 8.20. The van der Waals surface area contributed by atoms with Crippen molar-refractivity contribution in [1.82, 2.24) is 10.4 Å². The van der Waals surface area contributed by atoms with E-state index in [1.807, 2.05) is 26.0 Å². The maximum Gasteiger partial charge on any atom is 0.115 e. The fraction of sp³-hybridized carbons (Fsp3) is 0.462. The van der Waals surface area contributed by atoms with E-state index in [9.17, 15) is 0 Å². The molecule has 4 heteroatoms. The van der Waals surface area contributed by atoms with E-state index in [4.69, 9.17) is 10.6 Å². The molecular formula is C13H19N3O. The summed E-state index contributed by atoms with van der Waals surface area (Å²) in [5, 5.41) is 0. The highest BCUT2D eigenvalue weighted by molar-refractivity contribution is 5.29. The average Bonchev–Trinajstić information content (AvgIpc) is 2.30. The number of ether oxygens (including phenoxy) is 1. The molecule has 2 rings (SSSR count). The molecule has 3 N–H and O–H groups in total. The van der Waals surface area contributed by atoms with Gasteiger partial charge in [-0.25, -0.2) is 5.43 Å². The van der Waals surface area contributed by atoms with Crippen molar-refractivity contribution in [2.24, 2.45) is 5.84 Å². The van der Waals surface area contributed by atoms with E-state index in [1.54, 1.807) is 0 Å². The highest BCUT2D eigenvalue weighted by Gasteiger charge is 2.19. The van der Waals surface area contributed by atoms with Crippen molar-refractivity contribution >= 4 is 0 Å². The van der Waals surface area contributed by atoms with Gasteiger partial charge >= 0.3 is 0 Å². The molecule has 1 aromatic rings. The molecule has 92 valence electrons. The molecule has 2 heterocycles. The van der Waals surface area contributed by atoms with Crippen molar-refractivity contribution in [3.63, 3.8) is 0 Å². The largest absolute Gasteiger partial charge is 0.496 e. The summed E-state index contributed by atoms with van der Waals surface area (Å²) in [4.78, 5) is 4.37. The van der Waals surface area contributed by atoms with E-state index in [0.29, 0.717) is 0 Å². The molecule has 0 spiro atoms. The Morgan fingerprint density at radius 2 is 2.06 bits per heavy atom. The second-order valence-electron chi connectivity index (χ2n) is 4.38. The maximum atomic E-state index is 5.66. The Labute approximate surface area is 102 Å². The number of nitrogens with one attached hydrogen (secondary N) is 1. The quantitative estimate of drug-likeness (QED) is 0.618. The summed E-state index contributed by atoms with van der Waals surface area (Å²) in [6.07, 6.45) is 4.24. The first-order valence-corrected chi connectivity index (χ1v) is 5.95. The molecule has 0 aliphatic carbocycles. The summed E-state index contributed by atoms with van der Waals surface area (Å²) < 4.78 is 5.66. The van der Waals surface area contributed by atoms with Gasteiger partial charge in [0.15, 0.2) is 0 Å². The fourth-order valence-corrected chi connectivity index (χ4v) is 2.15. The molecule has 0 aromatic carbocycles. The third kappa shape index (κ3) is 2.84. The lowest BCUT2D eigenvalue weighted by atomic mass is 10.0. The van der Waals surface area contributed by atoms with Gasteiger partial charge in [0, 0.05) is 11.4 Å². The van der Waals surface area contributed by atoms with Crippen LogP contribution in [0.2, 0.25) is 0 Å². The van der Waals surface area contributed by atoms with Crippen LogP contribution in [0.5, 0.6) is 0 Å². The van der Waals surface area contributed by atoms with Crippen LogP contribution in [-0.4, -0.2) is 11.6 Å². The van der Waals surface area contributed by atoms with Crippen LogP contribution < -0.4 is 11.3 Å². The van der Waals surface area contributed by atoms with Gasteiger partial charge in [-0.2, -0.15) is 0 Å². The summed E-state index contributed by atoms with van der Waals surface area (Å²) in [7, 11) is 0. The van der Waals surface area contributed by atoms with Crippen LogP contribution in [0.3, 0.4) is 0 Å². The van der Waals surface area contributed by atoms with Crippen LogP contribution in [-0.2, 0) is 4.74 Å². The average molecular weight is 233 g/mol. The zero-order valence-corrected chi connectivity index (χ0v) is 10.4. The number of pyridine rings is 1. The molecule has 1 aromatic heterocycles. The minimum absolute atomic E-state index is 0.0734. The van der Waals surface area contributed by atoms with E-state index >= 15 is 0 Å². The smallest absolute Gasteiger partial charge is 0.115 e. The predicted molar refractivity (Wildman–Crippen MR) is 67.0 cm³/mol. The summed E-state index contributed by atoms with van der Waals surface area (Å²) in [6, 6.07) is 4.00. The molecular weight excluding hydrogens is 214 g/mol. The fourth-order valence-electron chi connectivity index (χ4n) is 2.15. The Hall–Kier alpha value is -1.39. The van der Waals surface area contributed by atoms with E-state index in [1.165, 1.54) is 0 Å². The van der Waals surface area contributed by atoms with Crippen LogP contribution in [0.25, 0.3) is 0 Å². The molecule has 1 unspecified atom stereocenters. The molecule has 0 amide bonds. The van der Waals surface area contributed by atoms with Gasteiger partial charge < -0.3 is 4.74 Å². The van der Waals surface area contributed by atoms with Crippen molar-refractivity contribution < 1.29 is 4.74 Å². The van der Waals surface area contributed by atoms with Crippen molar-refractivity contribution in [1.29, 1.82) is 0 Å². The Bertz CT molecular complexity index is 408. The van der Waals surface area contributed by atoms with E-state index in [-0.39, 0.29) is 6.04 Å². The second kappa shape index (κ2) is 5.29. The van der Waals surface area contributed by atoms with E-state index in [0.717, 1.165) is 42.2 Å². The monoisotopic (exact) mass is 233 g/mol. The first kappa shape index (κ1) is 12.1. The van der Waals surface area contributed by atoms with Gasteiger partial charge in [-0.15, -0.1) is 0 Å². The number of aromatic nitrogens is 1. The highest BCUT2D eigenvalue weighted by Crippen LogP contribution is 2.26. The van der Waals surface area contributed by atoms with Gasteiger partial charge in [0.25, 0.3) is 0 Å². The number of hydrogen-bond donors (Lipinski definition) is 2. The number of rotatable bonds is 3. The Morgan fingerprint density at radius 1 is 1.35 bits per heavy atom. The molecule has 4 nitrogen and oxygen atoms in total. The third-order valence-corrected chi connectivity index (χ3v) is 2.85. The summed E-state index contributed by atoms with van der Waals surface area (Å²) in [5.41, 5.74) is 5.92. The van der Waals surface area contributed by atoms with E-state index < -0.39 is 0 Å². The van der Waals surface area contributed by atoms with Gasteiger partial charge in [-0.1, -0.05) is 0 Å². The zero-order valence-electron chi connectivity index (χ0n) is 10.4. The second-order valence-corrected chi connectivity index (χ2v) is 4.38. The lowest BCUT2D eigenvalue weighted by Gasteiger charge is -2.23. The Balaban J connectivity index is 2.31. The molecule has 0 fully saturated rings. The molecule has 0 saturated heterocycles. The van der Waals surface area contributed by atoms with Crippen LogP contribution >= 0.6 is 0 Å². The van der Waals surface area contributed by atoms with Crippen molar-refractivity contribution in [3.8, 4) is 0 Å². The normalized spacial score (nSPS) is 17.2. The number of aryl methyl sites for hydroxylation is 2. The molecule has 0 saturated carbocycles. The van der Waals surface area contributed by atoms with Gasteiger partial charge in [0.2, 0.25) is 0 Å². The predicted octanol–water partition coefficient (Wildman–Crippen LogP) is 1.90. The summed E-state index contributed by atoms with van der Waals surface area (Å²) in [6.45, 7) is 4.74. The number of nitrogens with two attached hydrogens (primary N) is 1. The van der Waals surface area contributed by atoms with Crippen LogP contribution in [0.15, 0.2) is 24.0 Å². The summed E-state index contributed by atoms with van der Waals surface area (Å²) in [5.74, 6) is 6.56. The number of hydrazine groups is 1. The van der Waals surface area contributed by atoms with Crippen LogP contribution in [0, 0.1) is 13.8 Å². The van der Waals surface area contributed by atoms with E-state index in [2.05, 4.69) is 16.5 Å². The van der Waals surface area contributed by atoms with Crippen LogP contribution in [0.1, 0.15) is 35.8 Å². The SMILES string of the molecule is Cc1cc(C(NN)C2=CCCCO2)cc(C)n1. The van der Waals surface area contributed by atoms with Gasteiger partial charge in [0.1, 0.15) is 11.8 Å². The number of nitrogens with zero attached hydrogens (tertiary/aromatic N) is 1. The minimum atomic E-state index is -0.0734. The summed E-state index contributed by atoms with van der Waals surface area (Å²) >= 11 is 0. The molecule has 1 aliphatic heterocycles. The van der Waals surface area contributed by atoms with Gasteiger partial charge in [-0.3, -0.25) is 10.8 Å². The molecule has 1 atom stereocenters. The lowest BCUT2D eigenvalue weighted by molar-refractivity contribution is 0.168. The van der Waals surface area contributed by atoms with Crippen molar-refractivity contribution in [3.05, 3.63) is 40.9 Å². The van der Waals surface area contributed by atoms with Crippen molar-refractivity contribution in [2.45, 2.75) is 32.7 Å². The van der Waals surface area contributed by atoms with Crippen molar-refractivity contribution in [2.75, 3.05) is 6.61 Å². The molecule has 0 radical (unpaired) electrons. The number of hydrogen-bond acceptors (Lipinski definition) is 4.